The molecular formula is C20H21N3O. The van der Waals surface area contributed by atoms with Gasteiger partial charge in [0.1, 0.15) is 0 Å². The topological polar surface area (TPSA) is 48.1 Å². The van der Waals surface area contributed by atoms with E-state index in [1.165, 1.54) is 18.4 Å². The molecule has 2 heterocycles. The average Bonchev–Trinajstić information content (AvgIpc) is 3.27. The first-order valence-corrected chi connectivity index (χ1v) is 8.48. The third-order valence-corrected chi connectivity index (χ3v) is 4.68. The van der Waals surface area contributed by atoms with Crippen molar-refractivity contribution in [1.29, 1.82) is 0 Å². The number of aromatic nitrogens is 1. The Morgan fingerprint density at radius 1 is 1.08 bits per heavy atom. The second-order valence-corrected chi connectivity index (χ2v) is 6.37. The van der Waals surface area contributed by atoms with Crippen LogP contribution in [0, 0.1) is 0 Å². The summed E-state index contributed by atoms with van der Waals surface area (Å²) in [6.45, 7) is 3.18. The maximum Gasteiger partial charge on any atom is 0.255 e. The molecule has 24 heavy (non-hydrogen) atoms. The number of carbonyl (C=O) groups excluding carboxylic acids is 1. The Morgan fingerprint density at radius 2 is 1.92 bits per heavy atom. The molecule has 4 nitrogen and oxygen atoms in total. The van der Waals surface area contributed by atoms with Gasteiger partial charge in [0.05, 0.1) is 0 Å². The van der Waals surface area contributed by atoms with Crippen molar-refractivity contribution in [1.82, 2.24) is 9.88 Å². The van der Waals surface area contributed by atoms with E-state index in [0.29, 0.717) is 5.56 Å². The number of nitrogens with zero attached hydrogens (tertiary/aromatic N) is 1. The number of nitrogens with one attached hydrogen (secondary N) is 2. The van der Waals surface area contributed by atoms with Crippen LogP contribution in [-0.4, -0.2) is 28.9 Å². The van der Waals surface area contributed by atoms with Crippen molar-refractivity contribution in [3.8, 4) is 0 Å². The average molecular weight is 319 g/mol. The molecular weight excluding hydrogens is 298 g/mol. The summed E-state index contributed by atoms with van der Waals surface area (Å²) in [6, 6.07) is 15.8. The highest BCUT2D eigenvalue weighted by molar-refractivity contribution is 6.06. The van der Waals surface area contributed by atoms with E-state index in [4.69, 9.17) is 0 Å². The van der Waals surface area contributed by atoms with Crippen LogP contribution in [0.2, 0.25) is 0 Å². The molecule has 0 bridgehead atoms. The summed E-state index contributed by atoms with van der Waals surface area (Å²) in [5, 5.41) is 4.19. The molecule has 2 N–H and O–H groups in total. The molecule has 0 unspecified atom stereocenters. The molecule has 0 radical (unpaired) electrons. The van der Waals surface area contributed by atoms with E-state index in [0.717, 1.165) is 36.2 Å². The fraction of sp³-hybridized carbons (Fsp3) is 0.250. The van der Waals surface area contributed by atoms with Crippen LogP contribution in [0.3, 0.4) is 0 Å². The number of para-hydroxylation sites is 1. The van der Waals surface area contributed by atoms with Crippen molar-refractivity contribution in [2.24, 2.45) is 0 Å². The number of fused-ring (bicyclic) bond motifs is 1. The first-order valence-electron chi connectivity index (χ1n) is 8.48. The van der Waals surface area contributed by atoms with Gasteiger partial charge in [-0.3, -0.25) is 9.69 Å². The number of benzene rings is 2. The SMILES string of the molecule is O=C(Nc1ccccc1CN1CCCC1)c1ccc2cc[nH]c2c1. The number of rotatable bonds is 4. The first kappa shape index (κ1) is 15.0. The summed E-state index contributed by atoms with van der Waals surface area (Å²) >= 11 is 0. The Bertz CT molecular complexity index is 862. The van der Waals surface area contributed by atoms with E-state index in [-0.39, 0.29) is 5.91 Å². The molecule has 1 saturated heterocycles. The minimum absolute atomic E-state index is 0.0691. The Labute approximate surface area is 141 Å². The zero-order chi connectivity index (χ0) is 16.4. The van der Waals surface area contributed by atoms with Crippen LogP contribution in [0.25, 0.3) is 10.9 Å². The maximum absolute atomic E-state index is 12.6. The van der Waals surface area contributed by atoms with E-state index in [1.807, 2.05) is 48.7 Å². The fourth-order valence-corrected chi connectivity index (χ4v) is 3.35. The summed E-state index contributed by atoms with van der Waals surface area (Å²) in [7, 11) is 0. The summed E-state index contributed by atoms with van der Waals surface area (Å²) in [4.78, 5) is 18.2. The third-order valence-electron chi connectivity index (χ3n) is 4.68. The molecule has 1 amide bonds. The molecule has 1 aromatic heterocycles. The largest absolute Gasteiger partial charge is 0.361 e. The van der Waals surface area contributed by atoms with E-state index < -0.39 is 0 Å². The van der Waals surface area contributed by atoms with Gasteiger partial charge in [0, 0.05) is 29.5 Å². The Kier molecular flexibility index (Phi) is 4.05. The molecule has 2 aromatic carbocycles. The smallest absolute Gasteiger partial charge is 0.255 e. The van der Waals surface area contributed by atoms with E-state index in [1.54, 1.807) is 0 Å². The lowest BCUT2D eigenvalue weighted by molar-refractivity contribution is 0.102. The Balaban J connectivity index is 1.54. The second-order valence-electron chi connectivity index (χ2n) is 6.37. The lowest BCUT2D eigenvalue weighted by atomic mass is 10.1. The molecule has 0 atom stereocenters. The van der Waals surface area contributed by atoms with Crippen molar-refractivity contribution >= 4 is 22.5 Å². The summed E-state index contributed by atoms with van der Waals surface area (Å²) in [6.07, 6.45) is 4.42. The van der Waals surface area contributed by atoms with E-state index in [9.17, 15) is 4.79 Å². The van der Waals surface area contributed by atoms with Crippen molar-refractivity contribution in [2.45, 2.75) is 19.4 Å². The molecule has 0 aliphatic carbocycles. The van der Waals surface area contributed by atoms with Crippen LogP contribution in [0.4, 0.5) is 5.69 Å². The molecule has 1 fully saturated rings. The molecule has 1 aliphatic heterocycles. The van der Waals surface area contributed by atoms with Gasteiger partial charge in [0.15, 0.2) is 0 Å². The minimum atomic E-state index is -0.0691. The third kappa shape index (κ3) is 3.05. The standard InChI is InChI=1S/C20H21N3O/c24-20(16-8-7-15-9-10-21-19(15)13-16)22-18-6-2-1-5-17(18)14-23-11-3-4-12-23/h1-2,5-10,13,21H,3-4,11-12,14H2,(H,22,24). The molecule has 0 saturated carbocycles. The summed E-state index contributed by atoms with van der Waals surface area (Å²) < 4.78 is 0. The highest BCUT2D eigenvalue weighted by atomic mass is 16.1. The highest BCUT2D eigenvalue weighted by Gasteiger charge is 2.15. The van der Waals surface area contributed by atoms with Crippen LogP contribution in [0.1, 0.15) is 28.8 Å². The number of amides is 1. The molecule has 0 spiro atoms. The molecule has 1 aliphatic rings. The number of aromatic amines is 1. The van der Waals surface area contributed by atoms with Crippen molar-refractivity contribution in [2.75, 3.05) is 18.4 Å². The van der Waals surface area contributed by atoms with Gasteiger partial charge in [-0.05, 0) is 61.1 Å². The Hall–Kier alpha value is -2.59. The van der Waals surface area contributed by atoms with Gasteiger partial charge in [-0.15, -0.1) is 0 Å². The predicted octanol–water partition coefficient (Wildman–Crippen LogP) is 4.02. The van der Waals surface area contributed by atoms with Gasteiger partial charge in [0.25, 0.3) is 5.91 Å². The van der Waals surface area contributed by atoms with Crippen LogP contribution < -0.4 is 5.32 Å². The fourth-order valence-electron chi connectivity index (χ4n) is 3.35. The second kappa shape index (κ2) is 6.49. The monoisotopic (exact) mass is 319 g/mol. The maximum atomic E-state index is 12.6. The van der Waals surface area contributed by atoms with Crippen molar-refractivity contribution in [3.05, 3.63) is 65.9 Å². The van der Waals surface area contributed by atoms with Gasteiger partial charge in [0.2, 0.25) is 0 Å². The van der Waals surface area contributed by atoms with Crippen LogP contribution in [-0.2, 0) is 6.54 Å². The molecule has 4 rings (SSSR count). The summed E-state index contributed by atoms with van der Waals surface area (Å²) in [5.41, 5.74) is 3.73. The van der Waals surface area contributed by atoms with Gasteiger partial charge < -0.3 is 10.3 Å². The van der Waals surface area contributed by atoms with Crippen molar-refractivity contribution in [3.63, 3.8) is 0 Å². The van der Waals surface area contributed by atoms with Crippen LogP contribution in [0.5, 0.6) is 0 Å². The molecule has 4 heteroatoms. The lowest BCUT2D eigenvalue weighted by Crippen LogP contribution is -2.20. The predicted molar refractivity (Wildman–Crippen MR) is 97.2 cm³/mol. The lowest BCUT2D eigenvalue weighted by Gasteiger charge is -2.17. The summed E-state index contributed by atoms with van der Waals surface area (Å²) in [5.74, 6) is -0.0691. The molecule has 3 aromatic rings. The number of H-pyrrole nitrogens is 1. The number of likely N-dealkylation sites (tertiary alicyclic amines) is 1. The van der Waals surface area contributed by atoms with Gasteiger partial charge in [-0.2, -0.15) is 0 Å². The normalized spacial score (nSPS) is 15.0. The van der Waals surface area contributed by atoms with Crippen LogP contribution in [0.15, 0.2) is 54.7 Å². The Morgan fingerprint density at radius 3 is 2.79 bits per heavy atom. The van der Waals surface area contributed by atoms with E-state index in [2.05, 4.69) is 21.3 Å². The van der Waals surface area contributed by atoms with Gasteiger partial charge in [-0.1, -0.05) is 24.3 Å². The van der Waals surface area contributed by atoms with Gasteiger partial charge >= 0.3 is 0 Å². The zero-order valence-electron chi connectivity index (χ0n) is 13.6. The molecule has 122 valence electrons. The highest BCUT2D eigenvalue weighted by Crippen LogP contribution is 2.21. The van der Waals surface area contributed by atoms with Crippen molar-refractivity contribution < 1.29 is 4.79 Å². The number of carbonyl (C=O) groups is 1. The number of anilines is 1. The van der Waals surface area contributed by atoms with Crippen LogP contribution >= 0.6 is 0 Å². The van der Waals surface area contributed by atoms with Gasteiger partial charge in [-0.25, -0.2) is 0 Å². The first-order chi connectivity index (χ1) is 11.8. The number of hydrogen-bond acceptors (Lipinski definition) is 2. The minimum Gasteiger partial charge on any atom is -0.361 e. The van der Waals surface area contributed by atoms with E-state index >= 15 is 0 Å². The zero-order valence-corrected chi connectivity index (χ0v) is 13.6. The number of hydrogen-bond donors (Lipinski definition) is 2. The quantitative estimate of drug-likeness (QED) is 0.763.